The second-order valence-electron chi connectivity index (χ2n) is 3.28. The van der Waals surface area contributed by atoms with Gasteiger partial charge in [0, 0.05) is 32.4 Å². The minimum absolute atomic E-state index is 0.105. The molecule has 0 spiro atoms. The highest BCUT2D eigenvalue weighted by molar-refractivity contribution is 9.10. The molecule has 1 saturated heterocycles. The van der Waals surface area contributed by atoms with E-state index in [0.29, 0.717) is 0 Å². The Morgan fingerprint density at radius 3 is 2.71 bits per heavy atom. The fourth-order valence-electron chi connectivity index (χ4n) is 1.54. The lowest BCUT2D eigenvalue weighted by atomic mass is 10.2. The Balaban J connectivity index is 2.07. The van der Waals surface area contributed by atoms with Gasteiger partial charge in [-0.3, -0.25) is 4.79 Å². The third-order valence-electron chi connectivity index (χ3n) is 2.30. The molecule has 0 atom stereocenters. The van der Waals surface area contributed by atoms with Crippen molar-refractivity contribution in [1.29, 1.82) is 0 Å². The van der Waals surface area contributed by atoms with E-state index in [0.717, 1.165) is 36.3 Å². The first kappa shape index (κ1) is 9.73. The molecule has 0 radical (unpaired) electrons. The van der Waals surface area contributed by atoms with Gasteiger partial charge < -0.3 is 15.2 Å². The van der Waals surface area contributed by atoms with E-state index in [1.54, 1.807) is 6.20 Å². The molecule has 76 valence electrons. The Morgan fingerprint density at radius 2 is 2.14 bits per heavy atom. The zero-order chi connectivity index (χ0) is 9.97. The summed E-state index contributed by atoms with van der Waals surface area (Å²) < 4.78 is 0.844. The van der Waals surface area contributed by atoms with Crippen LogP contribution in [0.15, 0.2) is 16.9 Å². The van der Waals surface area contributed by atoms with Crippen LogP contribution < -0.4 is 5.32 Å². The molecule has 0 saturated carbocycles. The minimum Gasteiger partial charge on any atom is -0.355 e. The molecule has 0 aliphatic carbocycles. The van der Waals surface area contributed by atoms with Crippen LogP contribution in [0.25, 0.3) is 0 Å². The average Bonchev–Trinajstić information content (AvgIpc) is 2.65. The van der Waals surface area contributed by atoms with Gasteiger partial charge in [-0.1, -0.05) is 0 Å². The number of carbonyl (C=O) groups is 1. The van der Waals surface area contributed by atoms with Crippen LogP contribution >= 0.6 is 15.9 Å². The fraction of sp³-hybridized carbons (Fsp3) is 0.444. The molecule has 1 aliphatic rings. The summed E-state index contributed by atoms with van der Waals surface area (Å²) >= 11 is 3.29. The molecule has 4 nitrogen and oxygen atoms in total. The summed E-state index contributed by atoms with van der Waals surface area (Å²) in [6.07, 6.45) is 1.73. The number of hydrogen-bond acceptors (Lipinski definition) is 2. The van der Waals surface area contributed by atoms with Gasteiger partial charge in [-0.2, -0.15) is 0 Å². The standard InChI is InChI=1S/C9H12BrN3O/c10-8-5-7(6-12-8)9(14)13-3-1-11-2-4-13/h5-6,11-12H,1-4H2. The lowest BCUT2D eigenvalue weighted by Gasteiger charge is -2.26. The number of halogens is 1. The van der Waals surface area contributed by atoms with Crippen molar-refractivity contribution in [2.45, 2.75) is 0 Å². The Morgan fingerprint density at radius 1 is 1.43 bits per heavy atom. The molecule has 1 aliphatic heterocycles. The Labute approximate surface area is 90.8 Å². The minimum atomic E-state index is 0.105. The van der Waals surface area contributed by atoms with Crippen LogP contribution in [0.4, 0.5) is 0 Å². The molecule has 1 amide bonds. The number of carbonyl (C=O) groups excluding carboxylic acids is 1. The molecule has 2 rings (SSSR count). The summed E-state index contributed by atoms with van der Waals surface area (Å²) in [6.45, 7) is 3.36. The quantitative estimate of drug-likeness (QED) is 0.783. The van der Waals surface area contributed by atoms with Crippen molar-refractivity contribution in [1.82, 2.24) is 15.2 Å². The molecule has 2 N–H and O–H groups in total. The lowest BCUT2D eigenvalue weighted by Crippen LogP contribution is -2.46. The lowest BCUT2D eigenvalue weighted by molar-refractivity contribution is 0.0736. The highest BCUT2D eigenvalue weighted by Crippen LogP contribution is 2.12. The van der Waals surface area contributed by atoms with Gasteiger partial charge in [0.25, 0.3) is 5.91 Å². The fourth-order valence-corrected chi connectivity index (χ4v) is 1.90. The number of nitrogens with zero attached hydrogens (tertiary/aromatic N) is 1. The van der Waals surface area contributed by atoms with Crippen LogP contribution in [0.2, 0.25) is 0 Å². The molecule has 2 heterocycles. The molecule has 0 unspecified atom stereocenters. The first-order chi connectivity index (χ1) is 6.77. The molecule has 0 aromatic carbocycles. The molecular weight excluding hydrogens is 246 g/mol. The van der Waals surface area contributed by atoms with Crippen molar-refractivity contribution < 1.29 is 4.79 Å². The molecular formula is C9H12BrN3O. The summed E-state index contributed by atoms with van der Waals surface area (Å²) in [7, 11) is 0. The zero-order valence-electron chi connectivity index (χ0n) is 7.72. The third kappa shape index (κ3) is 1.99. The van der Waals surface area contributed by atoms with Crippen LogP contribution in [0.1, 0.15) is 10.4 Å². The van der Waals surface area contributed by atoms with E-state index in [-0.39, 0.29) is 5.91 Å². The summed E-state index contributed by atoms with van der Waals surface area (Å²) in [5.74, 6) is 0.105. The Hall–Kier alpha value is -0.810. The highest BCUT2D eigenvalue weighted by atomic mass is 79.9. The van der Waals surface area contributed by atoms with E-state index in [1.165, 1.54) is 0 Å². The van der Waals surface area contributed by atoms with Crippen LogP contribution in [0.5, 0.6) is 0 Å². The van der Waals surface area contributed by atoms with Crippen molar-refractivity contribution in [3.63, 3.8) is 0 Å². The first-order valence-electron chi connectivity index (χ1n) is 4.61. The number of aromatic amines is 1. The summed E-state index contributed by atoms with van der Waals surface area (Å²) in [4.78, 5) is 16.7. The number of amides is 1. The van der Waals surface area contributed by atoms with Gasteiger partial charge in [-0.25, -0.2) is 0 Å². The second kappa shape index (κ2) is 4.14. The van der Waals surface area contributed by atoms with Crippen molar-refractivity contribution in [3.05, 3.63) is 22.4 Å². The van der Waals surface area contributed by atoms with Gasteiger partial charge in [-0.05, 0) is 22.0 Å². The number of hydrogen-bond donors (Lipinski definition) is 2. The van der Waals surface area contributed by atoms with Gasteiger partial charge in [0.05, 0.1) is 10.2 Å². The maximum absolute atomic E-state index is 11.9. The van der Waals surface area contributed by atoms with Crippen molar-refractivity contribution >= 4 is 21.8 Å². The topological polar surface area (TPSA) is 48.1 Å². The maximum Gasteiger partial charge on any atom is 0.255 e. The molecule has 1 aromatic heterocycles. The van der Waals surface area contributed by atoms with Gasteiger partial charge in [0.1, 0.15) is 0 Å². The van der Waals surface area contributed by atoms with E-state index in [9.17, 15) is 4.79 Å². The van der Waals surface area contributed by atoms with Gasteiger partial charge in [-0.15, -0.1) is 0 Å². The van der Waals surface area contributed by atoms with E-state index in [4.69, 9.17) is 0 Å². The molecule has 1 aromatic rings. The Bertz CT molecular complexity index is 331. The van der Waals surface area contributed by atoms with Crippen LogP contribution in [0.3, 0.4) is 0 Å². The number of piperazine rings is 1. The van der Waals surface area contributed by atoms with Crippen LogP contribution in [0, 0.1) is 0 Å². The van der Waals surface area contributed by atoms with Gasteiger partial charge >= 0.3 is 0 Å². The predicted octanol–water partition coefficient (Wildman–Crippen LogP) is 0.823. The van der Waals surface area contributed by atoms with Crippen molar-refractivity contribution in [2.24, 2.45) is 0 Å². The summed E-state index contributed by atoms with van der Waals surface area (Å²) in [6, 6.07) is 1.81. The van der Waals surface area contributed by atoms with Crippen molar-refractivity contribution in [3.8, 4) is 0 Å². The van der Waals surface area contributed by atoms with Crippen molar-refractivity contribution in [2.75, 3.05) is 26.2 Å². The number of H-pyrrole nitrogens is 1. The second-order valence-corrected chi connectivity index (χ2v) is 4.13. The average molecular weight is 258 g/mol. The summed E-state index contributed by atoms with van der Waals surface area (Å²) in [5, 5.41) is 3.22. The van der Waals surface area contributed by atoms with E-state index < -0.39 is 0 Å². The molecule has 5 heteroatoms. The Kier molecular flexibility index (Phi) is 2.88. The molecule has 0 bridgehead atoms. The predicted molar refractivity (Wildman–Crippen MR) is 57.3 cm³/mol. The SMILES string of the molecule is O=C(c1c[nH]c(Br)c1)N1CCNCC1. The largest absolute Gasteiger partial charge is 0.355 e. The maximum atomic E-state index is 11.9. The van der Waals surface area contributed by atoms with E-state index in [2.05, 4.69) is 26.2 Å². The van der Waals surface area contributed by atoms with Crippen LogP contribution in [-0.4, -0.2) is 42.0 Å². The normalized spacial score (nSPS) is 17.1. The zero-order valence-corrected chi connectivity index (χ0v) is 9.30. The monoisotopic (exact) mass is 257 g/mol. The number of rotatable bonds is 1. The smallest absolute Gasteiger partial charge is 0.255 e. The number of nitrogens with one attached hydrogen (secondary N) is 2. The highest BCUT2D eigenvalue weighted by Gasteiger charge is 2.18. The van der Waals surface area contributed by atoms with E-state index >= 15 is 0 Å². The molecule has 1 fully saturated rings. The third-order valence-corrected chi connectivity index (χ3v) is 2.76. The van der Waals surface area contributed by atoms with E-state index in [1.807, 2.05) is 11.0 Å². The van der Waals surface area contributed by atoms with Gasteiger partial charge in [0.15, 0.2) is 0 Å². The van der Waals surface area contributed by atoms with Gasteiger partial charge in [0.2, 0.25) is 0 Å². The first-order valence-corrected chi connectivity index (χ1v) is 5.40. The molecule has 14 heavy (non-hydrogen) atoms. The summed E-state index contributed by atoms with van der Waals surface area (Å²) in [5.41, 5.74) is 0.721. The number of aromatic nitrogens is 1. The van der Waals surface area contributed by atoms with Crippen LogP contribution in [-0.2, 0) is 0 Å².